The number of nitrogens with two attached hydrogens (primary N) is 1. The van der Waals surface area contributed by atoms with Crippen molar-refractivity contribution in [1.29, 1.82) is 0 Å². The molecule has 120 valence electrons. The summed E-state index contributed by atoms with van der Waals surface area (Å²) in [5.41, 5.74) is 8.95. The Morgan fingerprint density at radius 3 is 2.39 bits per heavy atom. The highest BCUT2D eigenvalue weighted by molar-refractivity contribution is 6.09. The second-order valence-corrected chi connectivity index (χ2v) is 6.26. The quantitative estimate of drug-likeness (QED) is 0.863. The standard InChI is InChI=1S/C20H24N2O/c21-19(22-12-5-2-6-13-22)15-16-8-7-11-18(14-16)20(23)17-9-3-1-4-10-17/h1,3-4,7-11,14,19H,2,5-6,12-13,15,21H2. The van der Waals surface area contributed by atoms with Crippen LogP contribution in [0.5, 0.6) is 0 Å². The van der Waals surface area contributed by atoms with Crippen molar-refractivity contribution < 1.29 is 4.79 Å². The van der Waals surface area contributed by atoms with Crippen molar-refractivity contribution in [1.82, 2.24) is 4.90 Å². The summed E-state index contributed by atoms with van der Waals surface area (Å²) in [6.45, 7) is 2.17. The third-order valence-electron chi connectivity index (χ3n) is 4.53. The van der Waals surface area contributed by atoms with Crippen LogP contribution in [0.4, 0.5) is 0 Å². The molecular weight excluding hydrogens is 284 g/mol. The van der Waals surface area contributed by atoms with Crippen LogP contribution in [0.1, 0.15) is 40.7 Å². The van der Waals surface area contributed by atoms with E-state index in [0.717, 1.165) is 36.2 Å². The zero-order valence-electron chi connectivity index (χ0n) is 13.4. The number of ketones is 1. The van der Waals surface area contributed by atoms with Crippen molar-refractivity contribution in [3.63, 3.8) is 0 Å². The first-order valence-electron chi connectivity index (χ1n) is 8.42. The molecule has 2 aromatic carbocycles. The summed E-state index contributed by atoms with van der Waals surface area (Å²) < 4.78 is 0. The van der Waals surface area contributed by atoms with E-state index < -0.39 is 0 Å². The summed E-state index contributed by atoms with van der Waals surface area (Å²) in [5, 5.41) is 0. The zero-order valence-corrected chi connectivity index (χ0v) is 13.4. The molecule has 0 radical (unpaired) electrons. The minimum Gasteiger partial charge on any atom is -0.315 e. The highest BCUT2D eigenvalue weighted by Crippen LogP contribution is 2.16. The topological polar surface area (TPSA) is 46.3 Å². The number of piperidine rings is 1. The Labute approximate surface area is 138 Å². The van der Waals surface area contributed by atoms with E-state index in [1.165, 1.54) is 19.3 Å². The normalized spacial score (nSPS) is 16.9. The third kappa shape index (κ3) is 4.06. The number of rotatable bonds is 5. The molecule has 1 saturated heterocycles. The van der Waals surface area contributed by atoms with Crippen LogP contribution in [0.3, 0.4) is 0 Å². The van der Waals surface area contributed by atoms with Crippen LogP contribution in [0, 0.1) is 0 Å². The highest BCUT2D eigenvalue weighted by Gasteiger charge is 2.18. The average molecular weight is 308 g/mol. The maximum Gasteiger partial charge on any atom is 0.193 e. The summed E-state index contributed by atoms with van der Waals surface area (Å²) in [4.78, 5) is 14.9. The van der Waals surface area contributed by atoms with Gasteiger partial charge in [-0.2, -0.15) is 0 Å². The molecule has 1 aliphatic heterocycles. The Morgan fingerprint density at radius 1 is 0.957 bits per heavy atom. The number of carbonyl (C=O) groups is 1. The minimum atomic E-state index is 0.0392. The Bertz CT molecular complexity index is 648. The molecule has 1 aliphatic rings. The second-order valence-electron chi connectivity index (χ2n) is 6.26. The molecule has 3 rings (SSSR count). The van der Waals surface area contributed by atoms with E-state index in [0.29, 0.717) is 0 Å². The summed E-state index contributed by atoms with van der Waals surface area (Å²) in [6.07, 6.45) is 4.61. The molecule has 23 heavy (non-hydrogen) atoms. The molecule has 0 spiro atoms. The molecule has 1 unspecified atom stereocenters. The molecule has 1 heterocycles. The summed E-state index contributed by atoms with van der Waals surface area (Å²) in [7, 11) is 0. The molecule has 0 amide bonds. The molecule has 0 aliphatic carbocycles. The molecule has 1 atom stereocenters. The lowest BCUT2D eigenvalue weighted by molar-refractivity contribution is 0.103. The highest BCUT2D eigenvalue weighted by atomic mass is 16.1. The van der Waals surface area contributed by atoms with Crippen molar-refractivity contribution in [2.75, 3.05) is 13.1 Å². The SMILES string of the molecule is NC(Cc1cccc(C(=O)c2ccccc2)c1)N1CCCCC1. The van der Waals surface area contributed by atoms with Gasteiger partial charge in [0.05, 0.1) is 6.17 Å². The summed E-state index contributed by atoms with van der Waals surface area (Å²) >= 11 is 0. The lowest BCUT2D eigenvalue weighted by Gasteiger charge is -2.32. The van der Waals surface area contributed by atoms with Crippen LogP contribution in [-0.2, 0) is 6.42 Å². The van der Waals surface area contributed by atoms with Crippen LogP contribution in [0.2, 0.25) is 0 Å². The van der Waals surface area contributed by atoms with Gasteiger partial charge in [-0.15, -0.1) is 0 Å². The predicted molar refractivity (Wildman–Crippen MR) is 93.4 cm³/mol. The molecule has 3 nitrogen and oxygen atoms in total. The van der Waals surface area contributed by atoms with E-state index >= 15 is 0 Å². The first-order chi connectivity index (χ1) is 11.2. The number of hydrogen-bond donors (Lipinski definition) is 1. The van der Waals surface area contributed by atoms with Crippen molar-refractivity contribution in [3.8, 4) is 0 Å². The van der Waals surface area contributed by atoms with Crippen molar-refractivity contribution in [2.45, 2.75) is 31.8 Å². The van der Waals surface area contributed by atoms with E-state index in [-0.39, 0.29) is 11.9 Å². The van der Waals surface area contributed by atoms with Gasteiger partial charge in [-0.25, -0.2) is 0 Å². The van der Waals surface area contributed by atoms with Gasteiger partial charge in [0.1, 0.15) is 0 Å². The molecule has 0 bridgehead atoms. The Kier molecular flexibility index (Phi) is 5.21. The fraction of sp³-hybridized carbons (Fsp3) is 0.350. The number of likely N-dealkylation sites (tertiary alicyclic amines) is 1. The molecule has 0 aromatic heterocycles. The number of benzene rings is 2. The van der Waals surface area contributed by atoms with Gasteiger partial charge in [-0.1, -0.05) is 55.0 Å². The van der Waals surface area contributed by atoms with Gasteiger partial charge >= 0.3 is 0 Å². The van der Waals surface area contributed by atoms with Crippen LogP contribution in [0.25, 0.3) is 0 Å². The van der Waals surface area contributed by atoms with Crippen molar-refractivity contribution in [2.24, 2.45) is 5.73 Å². The van der Waals surface area contributed by atoms with Gasteiger partial charge in [0, 0.05) is 17.5 Å². The molecule has 2 N–H and O–H groups in total. The molecule has 3 heteroatoms. The zero-order chi connectivity index (χ0) is 16.1. The molecule has 2 aromatic rings. The minimum absolute atomic E-state index is 0.0392. The van der Waals surface area contributed by atoms with Crippen LogP contribution >= 0.6 is 0 Å². The van der Waals surface area contributed by atoms with Gasteiger partial charge in [-0.05, 0) is 37.6 Å². The van der Waals surface area contributed by atoms with E-state index in [1.807, 2.05) is 48.5 Å². The van der Waals surface area contributed by atoms with E-state index in [2.05, 4.69) is 11.0 Å². The Balaban J connectivity index is 1.71. The molecular formula is C20H24N2O. The Morgan fingerprint density at radius 2 is 1.65 bits per heavy atom. The van der Waals surface area contributed by atoms with E-state index in [4.69, 9.17) is 5.73 Å². The molecule has 0 saturated carbocycles. The lowest BCUT2D eigenvalue weighted by Crippen LogP contribution is -2.46. The third-order valence-corrected chi connectivity index (χ3v) is 4.53. The number of carbonyl (C=O) groups excluding carboxylic acids is 1. The lowest BCUT2D eigenvalue weighted by atomic mass is 9.99. The van der Waals surface area contributed by atoms with Crippen LogP contribution < -0.4 is 5.73 Å². The Hall–Kier alpha value is -1.97. The first-order valence-corrected chi connectivity index (χ1v) is 8.42. The van der Waals surface area contributed by atoms with Gasteiger partial charge < -0.3 is 5.73 Å². The fourth-order valence-electron chi connectivity index (χ4n) is 3.22. The van der Waals surface area contributed by atoms with Crippen LogP contribution in [-0.4, -0.2) is 29.9 Å². The first kappa shape index (κ1) is 15.9. The maximum atomic E-state index is 12.5. The smallest absolute Gasteiger partial charge is 0.193 e. The van der Waals surface area contributed by atoms with Gasteiger partial charge in [0.15, 0.2) is 5.78 Å². The van der Waals surface area contributed by atoms with E-state index in [1.54, 1.807) is 0 Å². The predicted octanol–water partition coefficient (Wildman–Crippen LogP) is 3.23. The molecule has 1 fully saturated rings. The van der Waals surface area contributed by atoms with Gasteiger partial charge in [0.25, 0.3) is 0 Å². The maximum absolute atomic E-state index is 12.5. The second kappa shape index (κ2) is 7.53. The number of hydrogen-bond acceptors (Lipinski definition) is 3. The fourth-order valence-corrected chi connectivity index (χ4v) is 3.22. The number of nitrogens with zero attached hydrogens (tertiary/aromatic N) is 1. The average Bonchev–Trinajstić information content (AvgIpc) is 2.63. The van der Waals surface area contributed by atoms with Crippen LogP contribution in [0.15, 0.2) is 54.6 Å². The van der Waals surface area contributed by atoms with Crippen molar-refractivity contribution >= 4 is 5.78 Å². The largest absolute Gasteiger partial charge is 0.315 e. The summed E-state index contributed by atoms with van der Waals surface area (Å²) in [6, 6.07) is 17.3. The van der Waals surface area contributed by atoms with Gasteiger partial charge in [0.2, 0.25) is 0 Å². The monoisotopic (exact) mass is 308 g/mol. The van der Waals surface area contributed by atoms with Crippen molar-refractivity contribution in [3.05, 3.63) is 71.3 Å². The summed E-state index contributed by atoms with van der Waals surface area (Å²) in [5.74, 6) is 0.0685. The van der Waals surface area contributed by atoms with E-state index in [9.17, 15) is 4.79 Å². The van der Waals surface area contributed by atoms with Gasteiger partial charge in [-0.3, -0.25) is 9.69 Å².